The normalized spacial score (nSPS) is 12.9. The van der Waals surface area contributed by atoms with Crippen molar-refractivity contribution in [3.05, 3.63) is 125 Å². The van der Waals surface area contributed by atoms with Gasteiger partial charge in [-0.05, 0) is 52.6 Å². The van der Waals surface area contributed by atoms with Crippen LogP contribution in [0.3, 0.4) is 0 Å². The minimum absolute atomic E-state index is 0.0534. The van der Waals surface area contributed by atoms with Crippen LogP contribution in [0.1, 0.15) is 34.1 Å². The average molecular weight is 485 g/mol. The molecule has 4 rings (SSSR count). The lowest BCUT2D eigenvalue weighted by Gasteiger charge is -2.31. The second kappa shape index (κ2) is 10.9. The number of rotatable bonds is 8. The zero-order valence-electron chi connectivity index (χ0n) is 20.6. The first kappa shape index (κ1) is 24.7. The molecular weight excluding hydrogens is 452 g/mol. The Hall–Kier alpha value is -3.41. The largest absolute Gasteiger partial charge is 0.378 e. The number of nitrogens with zero attached hydrogens (tertiary/aromatic N) is 2. The average Bonchev–Trinajstić information content (AvgIpc) is 2.88. The molecule has 4 nitrogen and oxygen atoms in total. The molecule has 0 aromatic heterocycles. The van der Waals surface area contributed by atoms with Gasteiger partial charge >= 0.3 is 0 Å². The number of hydrogen-bond acceptors (Lipinski definition) is 3. The van der Waals surface area contributed by atoms with E-state index >= 15 is 0 Å². The molecule has 2 unspecified atom stereocenters. The third-order valence-electron chi connectivity index (χ3n) is 6.45. The number of anilines is 2. The Labute approximate surface area is 211 Å². The topological polar surface area (TPSA) is 43.8 Å². The van der Waals surface area contributed by atoms with E-state index in [9.17, 15) is 8.76 Å². The van der Waals surface area contributed by atoms with Gasteiger partial charge in [0.05, 0.1) is 4.90 Å². The second-order valence-corrected chi connectivity index (χ2v) is 10.1. The zero-order chi connectivity index (χ0) is 24.9. The van der Waals surface area contributed by atoms with Gasteiger partial charge in [0, 0.05) is 51.4 Å². The van der Waals surface area contributed by atoms with Crippen molar-refractivity contribution in [2.24, 2.45) is 0 Å². The highest BCUT2D eigenvalue weighted by atomic mass is 32.2. The van der Waals surface area contributed by atoms with Gasteiger partial charge in [0.15, 0.2) is 11.1 Å². The lowest BCUT2D eigenvalue weighted by molar-refractivity contribution is 0.560. The minimum atomic E-state index is -2.12. The summed E-state index contributed by atoms with van der Waals surface area (Å²) in [6, 6.07) is 35.1. The van der Waals surface area contributed by atoms with Gasteiger partial charge in [0.25, 0.3) is 0 Å². The first-order valence-corrected chi connectivity index (χ1v) is 12.8. The molecule has 0 aliphatic carbocycles. The van der Waals surface area contributed by atoms with E-state index in [0.717, 1.165) is 33.6 Å². The third kappa shape index (κ3) is 5.47. The summed E-state index contributed by atoms with van der Waals surface area (Å²) in [5, 5.41) is 0. The van der Waals surface area contributed by atoms with Gasteiger partial charge in [0.2, 0.25) is 0 Å². The molecule has 35 heavy (non-hydrogen) atoms. The van der Waals surface area contributed by atoms with Gasteiger partial charge < -0.3 is 14.4 Å². The van der Waals surface area contributed by atoms with E-state index in [-0.39, 0.29) is 11.8 Å². The molecule has 0 fully saturated rings. The number of benzene rings is 4. The lowest BCUT2D eigenvalue weighted by atomic mass is 9.73. The smallest absolute Gasteiger partial charge is 0.186 e. The molecule has 0 radical (unpaired) electrons. The SMILES string of the molecule is CN(C)c1ccc(C(c2cc(N(C)C)ccc2S(=O)O)C(c2ccccc2)c2ccccc2)cc1. The molecule has 0 bridgehead atoms. The predicted molar refractivity (Wildman–Crippen MR) is 147 cm³/mol. The zero-order valence-corrected chi connectivity index (χ0v) is 21.4. The summed E-state index contributed by atoms with van der Waals surface area (Å²) < 4.78 is 22.9. The number of hydrogen-bond donors (Lipinski definition) is 1. The van der Waals surface area contributed by atoms with E-state index in [1.54, 1.807) is 6.07 Å². The van der Waals surface area contributed by atoms with Crippen LogP contribution in [0.2, 0.25) is 0 Å². The monoisotopic (exact) mass is 484 g/mol. The van der Waals surface area contributed by atoms with E-state index in [1.807, 2.05) is 51.3 Å². The third-order valence-corrected chi connectivity index (χ3v) is 7.20. The van der Waals surface area contributed by atoms with E-state index < -0.39 is 11.1 Å². The van der Waals surface area contributed by atoms with Crippen LogP contribution in [0.4, 0.5) is 11.4 Å². The first-order chi connectivity index (χ1) is 16.9. The van der Waals surface area contributed by atoms with Crippen molar-refractivity contribution in [2.75, 3.05) is 38.0 Å². The van der Waals surface area contributed by atoms with Crippen molar-refractivity contribution in [3.8, 4) is 0 Å². The molecule has 0 saturated carbocycles. The van der Waals surface area contributed by atoms with Crippen molar-refractivity contribution in [1.29, 1.82) is 0 Å². The summed E-state index contributed by atoms with van der Waals surface area (Å²) in [5.41, 5.74) is 6.36. The van der Waals surface area contributed by atoms with Crippen LogP contribution in [0.15, 0.2) is 108 Å². The van der Waals surface area contributed by atoms with E-state index in [0.29, 0.717) is 4.90 Å². The fourth-order valence-corrected chi connectivity index (χ4v) is 5.22. The molecule has 1 N–H and O–H groups in total. The van der Waals surface area contributed by atoms with Crippen LogP contribution in [-0.2, 0) is 11.1 Å². The standard InChI is InChI=1S/C30H32N2O2S/c1-31(2)25-17-15-24(16-18-25)30(27-21-26(32(3)4)19-20-28(27)35(33)34)29(22-11-7-5-8-12-22)23-13-9-6-10-14-23/h5-21,29-30H,1-4H3,(H,33,34). The van der Waals surface area contributed by atoms with Gasteiger partial charge in [-0.25, -0.2) is 4.21 Å². The molecule has 0 saturated heterocycles. The van der Waals surface area contributed by atoms with E-state index in [2.05, 4.69) is 83.8 Å². The molecule has 4 aromatic carbocycles. The summed E-state index contributed by atoms with van der Waals surface area (Å²) in [6.07, 6.45) is 0. The predicted octanol–water partition coefficient (Wildman–Crippen LogP) is 6.36. The summed E-state index contributed by atoms with van der Waals surface area (Å²) in [4.78, 5) is 4.54. The first-order valence-electron chi connectivity index (χ1n) is 11.7. The Morgan fingerprint density at radius 3 is 1.51 bits per heavy atom. The highest BCUT2D eigenvalue weighted by molar-refractivity contribution is 7.79. The maximum Gasteiger partial charge on any atom is 0.186 e. The highest BCUT2D eigenvalue weighted by Gasteiger charge is 2.31. The van der Waals surface area contributed by atoms with Gasteiger partial charge in [-0.15, -0.1) is 0 Å². The van der Waals surface area contributed by atoms with Crippen molar-refractivity contribution in [1.82, 2.24) is 0 Å². The Kier molecular flexibility index (Phi) is 7.69. The fourth-order valence-electron chi connectivity index (χ4n) is 4.65. The van der Waals surface area contributed by atoms with Gasteiger partial charge in [-0.1, -0.05) is 72.8 Å². The Balaban J connectivity index is 2.03. The van der Waals surface area contributed by atoms with Crippen LogP contribution < -0.4 is 9.80 Å². The van der Waals surface area contributed by atoms with E-state index in [1.165, 1.54) is 0 Å². The molecular formula is C30H32N2O2S. The molecule has 180 valence electrons. The van der Waals surface area contributed by atoms with Crippen molar-refractivity contribution < 1.29 is 8.76 Å². The fraction of sp³-hybridized carbons (Fsp3) is 0.200. The molecule has 0 amide bonds. The van der Waals surface area contributed by atoms with Gasteiger partial charge in [-0.2, -0.15) is 0 Å². The summed E-state index contributed by atoms with van der Waals surface area (Å²) >= 11 is -2.12. The van der Waals surface area contributed by atoms with Crippen LogP contribution in [0, 0.1) is 0 Å². The van der Waals surface area contributed by atoms with Crippen molar-refractivity contribution in [3.63, 3.8) is 0 Å². The quantitative estimate of drug-likeness (QED) is 0.295. The molecule has 0 aliphatic heterocycles. The van der Waals surface area contributed by atoms with Gasteiger partial charge in [0.1, 0.15) is 0 Å². The molecule has 0 aliphatic rings. The van der Waals surface area contributed by atoms with Gasteiger partial charge in [-0.3, -0.25) is 0 Å². The van der Waals surface area contributed by atoms with Crippen LogP contribution in [0.25, 0.3) is 0 Å². The molecule has 2 atom stereocenters. The second-order valence-electron chi connectivity index (χ2n) is 9.13. The lowest BCUT2D eigenvalue weighted by Crippen LogP contribution is -2.18. The van der Waals surface area contributed by atoms with Crippen molar-refractivity contribution >= 4 is 22.5 Å². The molecule has 5 heteroatoms. The molecule has 4 aromatic rings. The molecule has 0 spiro atoms. The Morgan fingerprint density at radius 1 is 0.600 bits per heavy atom. The maximum atomic E-state index is 12.6. The van der Waals surface area contributed by atoms with Crippen molar-refractivity contribution in [2.45, 2.75) is 16.7 Å². The maximum absolute atomic E-state index is 12.6. The Bertz CT molecular complexity index is 1230. The summed E-state index contributed by atoms with van der Waals surface area (Å²) in [5.74, 6) is -0.232. The summed E-state index contributed by atoms with van der Waals surface area (Å²) in [7, 11) is 8.02. The Morgan fingerprint density at radius 2 is 1.06 bits per heavy atom. The van der Waals surface area contributed by atoms with Crippen LogP contribution in [-0.4, -0.2) is 37.0 Å². The minimum Gasteiger partial charge on any atom is -0.378 e. The summed E-state index contributed by atoms with van der Waals surface area (Å²) in [6.45, 7) is 0. The van der Waals surface area contributed by atoms with E-state index in [4.69, 9.17) is 0 Å². The van der Waals surface area contributed by atoms with Crippen LogP contribution in [0.5, 0.6) is 0 Å². The highest BCUT2D eigenvalue weighted by Crippen LogP contribution is 2.45. The van der Waals surface area contributed by atoms with Crippen LogP contribution >= 0.6 is 0 Å². The molecule has 0 heterocycles.